The molecule has 0 bridgehead atoms. The van der Waals surface area contributed by atoms with Gasteiger partial charge in [0.1, 0.15) is 0 Å². The third-order valence-corrected chi connectivity index (χ3v) is 7.18. The molecule has 7 nitrogen and oxygen atoms in total. The molecule has 0 unspecified atom stereocenters. The fourth-order valence-corrected chi connectivity index (χ4v) is 5.46. The topological polar surface area (TPSA) is 71.4 Å². The molecule has 0 aliphatic carbocycles. The van der Waals surface area contributed by atoms with Gasteiger partial charge in [0, 0.05) is 68.3 Å². The summed E-state index contributed by atoms with van der Waals surface area (Å²) >= 11 is 0. The highest BCUT2D eigenvalue weighted by atomic mass is 16.5. The summed E-state index contributed by atoms with van der Waals surface area (Å²) in [4.78, 5) is 19.9. The predicted molar refractivity (Wildman–Crippen MR) is 138 cm³/mol. The van der Waals surface area contributed by atoms with Crippen LogP contribution < -0.4 is 10.6 Å². The van der Waals surface area contributed by atoms with Crippen LogP contribution in [0.25, 0.3) is 10.9 Å². The van der Waals surface area contributed by atoms with E-state index in [1.807, 2.05) is 12.4 Å². The summed E-state index contributed by atoms with van der Waals surface area (Å²) in [6.07, 6.45) is 7.62. The molecule has 0 saturated carbocycles. The Labute approximate surface area is 207 Å². The van der Waals surface area contributed by atoms with Crippen molar-refractivity contribution in [3.63, 3.8) is 0 Å². The zero-order valence-corrected chi connectivity index (χ0v) is 20.9. The van der Waals surface area contributed by atoms with E-state index >= 15 is 0 Å². The monoisotopic (exact) mass is 475 g/mol. The van der Waals surface area contributed by atoms with Crippen molar-refractivity contribution in [3.05, 3.63) is 65.6 Å². The summed E-state index contributed by atoms with van der Waals surface area (Å²) in [5.41, 5.74) is 5.01. The van der Waals surface area contributed by atoms with Gasteiger partial charge >= 0.3 is 0 Å². The minimum absolute atomic E-state index is 0.0925. The van der Waals surface area contributed by atoms with Gasteiger partial charge < -0.3 is 14.6 Å². The summed E-state index contributed by atoms with van der Waals surface area (Å²) in [6.45, 7) is 10.2. The molecule has 35 heavy (non-hydrogen) atoms. The minimum atomic E-state index is -0.254. The number of benzene rings is 1. The molecule has 5 rings (SSSR count). The Morgan fingerprint density at radius 2 is 2.00 bits per heavy atom. The molecule has 1 aromatic carbocycles. The number of hydrogen-bond donors (Lipinski definition) is 2. The third kappa shape index (κ3) is 5.58. The lowest BCUT2D eigenvalue weighted by Crippen LogP contribution is -2.48. The molecule has 1 saturated heterocycles. The highest BCUT2D eigenvalue weighted by Gasteiger charge is 2.31. The first kappa shape index (κ1) is 24.0. The van der Waals surface area contributed by atoms with Crippen molar-refractivity contribution in [1.29, 1.82) is 0 Å². The van der Waals surface area contributed by atoms with Crippen LogP contribution in [0.1, 0.15) is 43.0 Å². The van der Waals surface area contributed by atoms with E-state index in [1.165, 1.54) is 27.6 Å². The third-order valence-electron chi connectivity index (χ3n) is 7.18. The average molecular weight is 476 g/mol. The van der Waals surface area contributed by atoms with Crippen molar-refractivity contribution in [1.82, 2.24) is 25.1 Å². The number of aromatic nitrogens is 2. The van der Waals surface area contributed by atoms with Crippen LogP contribution >= 0.6 is 0 Å². The van der Waals surface area contributed by atoms with Gasteiger partial charge in [-0.1, -0.05) is 26.0 Å². The number of carbonyl (C=O) groups is 1. The lowest BCUT2D eigenvalue weighted by molar-refractivity contribution is -0.123. The van der Waals surface area contributed by atoms with Gasteiger partial charge in [-0.3, -0.25) is 20.0 Å². The molecular weight excluding hydrogens is 438 g/mol. The molecular formula is C28H37N5O2. The largest absolute Gasteiger partial charge is 0.379 e. The van der Waals surface area contributed by atoms with Gasteiger partial charge in [-0.25, -0.2) is 0 Å². The Balaban J connectivity index is 1.39. The summed E-state index contributed by atoms with van der Waals surface area (Å²) in [7, 11) is 0. The van der Waals surface area contributed by atoms with Crippen LogP contribution in [0.5, 0.6) is 0 Å². The summed E-state index contributed by atoms with van der Waals surface area (Å²) in [5.74, 6) is 0.614. The number of carbonyl (C=O) groups excluding carboxylic acids is 1. The van der Waals surface area contributed by atoms with Gasteiger partial charge in [0.05, 0.1) is 19.3 Å². The maximum atomic E-state index is 13.4. The highest BCUT2D eigenvalue weighted by molar-refractivity contribution is 5.90. The number of hydrogen-bond acceptors (Lipinski definition) is 5. The van der Waals surface area contributed by atoms with Gasteiger partial charge in [-0.05, 0) is 53.6 Å². The fraction of sp³-hybridized carbons (Fsp3) is 0.500. The van der Waals surface area contributed by atoms with E-state index in [0.29, 0.717) is 18.9 Å². The van der Waals surface area contributed by atoms with Crippen molar-refractivity contribution in [3.8, 4) is 0 Å². The quantitative estimate of drug-likeness (QED) is 0.524. The Kier molecular flexibility index (Phi) is 7.46. The second kappa shape index (κ2) is 10.9. The van der Waals surface area contributed by atoms with Gasteiger partial charge in [-0.15, -0.1) is 0 Å². The van der Waals surface area contributed by atoms with E-state index < -0.39 is 0 Å². The standard InChI is InChI=1S/C28H37N5O2/c1-20(2)16-24-23-4-3-5-26-27(23)22(19-33(26)18-21-6-8-29-9-7-21)17-25(31-24)28(34)30-10-11-32-12-14-35-15-13-32/h3-9,19-20,24-25,31H,10-18H2,1-2H3,(H,30,34)/t24-,25-/m0/s1. The molecule has 2 aliphatic rings. The minimum Gasteiger partial charge on any atom is -0.379 e. The van der Waals surface area contributed by atoms with Crippen molar-refractivity contribution >= 4 is 16.8 Å². The maximum absolute atomic E-state index is 13.4. The van der Waals surface area contributed by atoms with E-state index in [1.54, 1.807) is 0 Å². The molecule has 1 fully saturated rings. The van der Waals surface area contributed by atoms with Gasteiger partial charge in [0.2, 0.25) is 5.91 Å². The van der Waals surface area contributed by atoms with E-state index in [-0.39, 0.29) is 18.0 Å². The normalized spacial score (nSPS) is 20.8. The fourth-order valence-electron chi connectivity index (χ4n) is 5.46. The summed E-state index contributed by atoms with van der Waals surface area (Å²) in [6, 6.07) is 10.6. The van der Waals surface area contributed by atoms with E-state index in [2.05, 4.69) is 75.5 Å². The second-order valence-corrected chi connectivity index (χ2v) is 10.2. The number of nitrogens with one attached hydrogen (secondary N) is 2. The van der Waals surface area contributed by atoms with Crippen LogP contribution in [0, 0.1) is 5.92 Å². The van der Waals surface area contributed by atoms with Gasteiger partial charge in [0.25, 0.3) is 0 Å². The van der Waals surface area contributed by atoms with Crippen LogP contribution in [-0.2, 0) is 22.5 Å². The molecule has 2 N–H and O–H groups in total. The number of ether oxygens (including phenoxy) is 1. The predicted octanol–water partition coefficient (Wildman–Crippen LogP) is 3.13. The molecule has 0 radical (unpaired) electrons. The maximum Gasteiger partial charge on any atom is 0.237 e. The first-order valence-electron chi connectivity index (χ1n) is 12.9. The molecule has 3 aromatic rings. The number of amides is 1. The summed E-state index contributed by atoms with van der Waals surface area (Å²) in [5, 5.41) is 8.25. The summed E-state index contributed by atoms with van der Waals surface area (Å²) < 4.78 is 7.76. The lowest BCUT2D eigenvalue weighted by Gasteiger charge is -2.28. The van der Waals surface area contributed by atoms with Crippen LogP contribution in [0.3, 0.4) is 0 Å². The van der Waals surface area contributed by atoms with Crippen LogP contribution in [0.4, 0.5) is 0 Å². The number of rotatable bonds is 8. The Hall–Kier alpha value is -2.74. The Morgan fingerprint density at radius 1 is 1.20 bits per heavy atom. The number of morpholine rings is 1. The van der Waals surface area contributed by atoms with Gasteiger partial charge in [0.15, 0.2) is 0 Å². The SMILES string of the molecule is CC(C)C[C@@H]1N[C@H](C(=O)NCCN2CCOCC2)Cc2cn(Cc3ccncc3)c3cccc1c23. The Morgan fingerprint density at radius 3 is 2.77 bits per heavy atom. The lowest BCUT2D eigenvalue weighted by atomic mass is 9.94. The zero-order chi connectivity index (χ0) is 24.2. The van der Waals surface area contributed by atoms with Crippen LogP contribution in [0.2, 0.25) is 0 Å². The molecule has 0 spiro atoms. The molecule has 2 atom stereocenters. The van der Waals surface area contributed by atoms with Crippen molar-refractivity contribution in [2.75, 3.05) is 39.4 Å². The first-order valence-corrected chi connectivity index (χ1v) is 12.9. The van der Waals surface area contributed by atoms with Crippen molar-refractivity contribution in [2.24, 2.45) is 5.92 Å². The average Bonchev–Trinajstić information content (AvgIpc) is 3.12. The van der Waals surface area contributed by atoms with E-state index in [0.717, 1.165) is 45.8 Å². The van der Waals surface area contributed by atoms with Crippen LogP contribution in [0.15, 0.2) is 48.9 Å². The van der Waals surface area contributed by atoms with Crippen molar-refractivity contribution in [2.45, 2.75) is 45.3 Å². The highest BCUT2D eigenvalue weighted by Crippen LogP contribution is 2.36. The second-order valence-electron chi connectivity index (χ2n) is 10.2. The molecule has 2 aromatic heterocycles. The van der Waals surface area contributed by atoms with Gasteiger partial charge in [-0.2, -0.15) is 0 Å². The smallest absolute Gasteiger partial charge is 0.237 e. The number of pyridine rings is 1. The molecule has 1 amide bonds. The Bertz CT molecular complexity index is 1140. The zero-order valence-electron chi connectivity index (χ0n) is 20.9. The van der Waals surface area contributed by atoms with Crippen LogP contribution in [-0.4, -0.2) is 65.8 Å². The first-order chi connectivity index (χ1) is 17.1. The molecule has 4 heterocycles. The molecule has 7 heteroatoms. The molecule has 2 aliphatic heterocycles. The van der Waals surface area contributed by atoms with E-state index in [4.69, 9.17) is 4.74 Å². The van der Waals surface area contributed by atoms with Crippen molar-refractivity contribution < 1.29 is 9.53 Å². The van der Waals surface area contributed by atoms with E-state index in [9.17, 15) is 4.79 Å². The number of nitrogens with zero attached hydrogens (tertiary/aromatic N) is 3. The molecule has 186 valence electrons.